The molecule has 1 unspecified atom stereocenters. The molecule has 1 N–H and O–H groups in total. The second-order valence-corrected chi connectivity index (χ2v) is 7.34. The van der Waals surface area contributed by atoms with E-state index in [1.165, 1.54) is 0 Å². The number of rotatable bonds is 7. The predicted molar refractivity (Wildman–Crippen MR) is 102 cm³/mol. The van der Waals surface area contributed by atoms with Crippen LogP contribution in [-0.2, 0) is 6.54 Å². The number of hydrogen-bond acceptors (Lipinski definition) is 4. The van der Waals surface area contributed by atoms with Crippen molar-refractivity contribution in [3.05, 3.63) is 35.8 Å². The van der Waals surface area contributed by atoms with Crippen LogP contribution in [0.15, 0.2) is 24.4 Å². The molecule has 0 bridgehead atoms. The zero-order valence-corrected chi connectivity index (χ0v) is 15.9. The van der Waals surface area contributed by atoms with Crippen molar-refractivity contribution in [2.75, 3.05) is 33.3 Å². The molecule has 2 aromatic rings. The Morgan fingerprint density at radius 1 is 1.42 bits per heavy atom. The number of imidazole rings is 1. The van der Waals surface area contributed by atoms with Gasteiger partial charge in [-0.2, -0.15) is 0 Å². The van der Waals surface area contributed by atoms with Crippen molar-refractivity contribution < 1.29 is 9.90 Å². The molecule has 142 valence electrons. The van der Waals surface area contributed by atoms with E-state index in [2.05, 4.69) is 16.8 Å². The second kappa shape index (κ2) is 8.64. The van der Waals surface area contributed by atoms with Gasteiger partial charge >= 0.3 is 0 Å². The fraction of sp³-hybridized carbons (Fsp3) is 0.600. The molecule has 0 aliphatic carbocycles. The van der Waals surface area contributed by atoms with Gasteiger partial charge in [0.15, 0.2) is 5.69 Å². The highest BCUT2D eigenvalue weighted by atomic mass is 16.3. The average molecular weight is 358 g/mol. The van der Waals surface area contributed by atoms with Gasteiger partial charge in [0.05, 0.1) is 5.69 Å². The summed E-state index contributed by atoms with van der Waals surface area (Å²) < 4.78 is 2.03. The number of nitrogens with zero attached hydrogens (tertiary/aromatic N) is 4. The quantitative estimate of drug-likeness (QED) is 0.826. The number of unbranched alkanes of at least 4 members (excludes halogenated alkanes) is 1. The van der Waals surface area contributed by atoms with Crippen molar-refractivity contribution >= 4 is 11.6 Å². The highest BCUT2D eigenvalue weighted by Gasteiger charge is 2.25. The smallest absolute Gasteiger partial charge is 0.274 e. The number of carbonyl (C=O) groups is 1. The van der Waals surface area contributed by atoms with Crippen molar-refractivity contribution in [2.24, 2.45) is 5.92 Å². The molecule has 1 aliphatic rings. The van der Waals surface area contributed by atoms with E-state index >= 15 is 0 Å². The third kappa shape index (κ3) is 4.07. The van der Waals surface area contributed by atoms with Gasteiger partial charge in [-0.15, -0.1) is 0 Å². The summed E-state index contributed by atoms with van der Waals surface area (Å²) in [5.41, 5.74) is 2.32. The van der Waals surface area contributed by atoms with E-state index in [-0.39, 0.29) is 12.5 Å². The minimum absolute atomic E-state index is 0.00660. The number of aromatic nitrogens is 2. The normalized spacial score (nSPS) is 18.3. The van der Waals surface area contributed by atoms with Crippen molar-refractivity contribution in [1.82, 2.24) is 19.2 Å². The molecule has 6 heteroatoms. The summed E-state index contributed by atoms with van der Waals surface area (Å²) in [5, 5.41) is 9.50. The van der Waals surface area contributed by atoms with Crippen LogP contribution in [-0.4, -0.2) is 63.5 Å². The first-order valence-corrected chi connectivity index (χ1v) is 9.68. The summed E-state index contributed by atoms with van der Waals surface area (Å²) in [6, 6.07) is 5.86. The Hall–Kier alpha value is -1.92. The lowest BCUT2D eigenvalue weighted by Gasteiger charge is -2.31. The van der Waals surface area contributed by atoms with Crippen molar-refractivity contribution in [1.29, 1.82) is 0 Å². The molecule has 0 saturated carbocycles. The van der Waals surface area contributed by atoms with Crippen LogP contribution in [0.1, 0.15) is 48.8 Å². The van der Waals surface area contributed by atoms with Crippen LogP contribution in [0, 0.1) is 5.92 Å². The number of amides is 1. The van der Waals surface area contributed by atoms with Crippen molar-refractivity contribution in [2.45, 2.75) is 39.2 Å². The maximum Gasteiger partial charge on any atom is 0.274 e. The highest BCUT2D eigenvalue weighted by molar-refractivity contribution is 5.94. The number of likely N-dealkylation sites (tertiary alicyclic amines) is 1. The minimum atomic E-state index is -0.00660. The van der Waals surface area contributed by atoms with Gasteiger partial charge in [-0.1, -0.05) is 19.4 Å². The lowest BCUT2D eigenvalue weighted by atomic mass is 9.99. The highest BCUT2D eigenvalue weighted by Crippen LogP contribution is 2.21. The largest absolute Gasteiger partial charge is 0.396 e. The predicted octanol–water partition coefficient (Wildman–Crippen LogP) is 2.41. The summed E-state index contributed by atoms with van der Waals surface area (Å²) in [6.45, 7) is 5.66. The molecular formula is C20H30N4O2. The Morgan fingerprint density at radius 2 is 2.27 bits per heavy atom. The van der Waals surface area contributed by atoms with Gasteiger partial charge in [0.1, 0.15) is 5.65 Å². The van der Waals surface area contributed by atoms with Gasteiger partial charge < -0.3 is 14.4 Å². The van der Waals surface area contributed by atoms with Gasteiger partial charge in [-0.05, 0) is 43.9 Å². The van der Waals surface area contributed by atoms with E-state index in [0.717, 1.165) is 56.7 Å². The van der Waals surface area contributed by atoms with Crippen LogP contribution < -0.4 is 0 Å². The third-order valence-corrected chi connectivity index (χ3v) is 5.26. The summed E-state index contributed by atoms with van der Waals surface area (Å²) in [6.07, 6.45) is 6.20. The Bertz CT molecular complexity index is 742. The lowest BCUT2D eigenvalue weighted by molar-refractivity contribution is 0.0782. The number of pyridine rings is 1. The first-order chi connectivity index (χ1) is 12.6. The molecule has 3 rings (SSSR count). The Kier molecular flexibility index (Phi) is 6.27. The first kappa shape index (κ1) is 18.9. The van der Waals surface area contributed by atoms with Gasteiger partial charge in [-0.25, -0.2) is 4.98 Å². The van der Waals surface area contributed by atoms with Crippen LogP contribution in [0.3, 0.4) is 0 Å². The van der Waals surface area contributed by atoms with E-state index in [9.17, 15) is 9.90 Å². The summed E-state index contributed by atoms with van der Waals surface area (Å²) in [7, 11) is 1.86. The van der Waals surface area contributed by atoms with Gasteiger partial charge in [0, 0.05) is 39.5 Å². The second-order valence-electron chi connectivity index (χ2n) is 7.34. The monoisotopic (exact) mass is 358 g/mol. The fourth-order valence-corrected chi connectivity index (χ4v) is 3.70. The maximum absolute atomic E-state index is 13.0. The average Bonchev–Trinajstić information content (AvgIpc) is 3.04. The molecule has 26 heavy (non-hydrogen) atoms. The van der Waals surface area contributed by atoms with E-state index in [4.69, 9.17) is 0 Å². The van der Waals surface area contributed by atoms with Crippen LogP contribution in [0.4, 0.5) is 0 Å². The number of aliphatic hydroxyl groups excluding tert-OH is 1. The molecule has 2 aromatic heterocycles. The van der Waals surface area contributed by atoms with Crippen molar-refractivity contribution in [3.8, 4) is 0 Å². The molecule has 1 atom stereocenters. The standard InChI is InChI=1S/C20H30N4O2/c1-3-4-10-22(2)20(26)19-17(24-12-6-5-9-18(24)21-19)14-23-11-7-8-16(13-23)15-25/h5-6,9,12,16,25H,3-4,7-8,10-11,13-15H2,1-2H3. The van der Waals surface area contributed by atoms with Crippen LogP contribution in [0.5, 0.6) is 0 Å². The zero-order chi connectivity index (χ0) is 18.5. The Morgan fingerprint density at radius 3 is 3.04 bits per heavy atom. The van der Waals surface area contributed by atoms with Gasteiger partial charge in [-0.3, -0.25) is 9.69 Å². The third-order valence-electron chi connectivity index (χ3n) is 5.26. The Balaban J connectivity index is 1.88. The molecule has 0 radical (unpaired) electrons. The molecule has 1 fully saturated rings. The maximum atomic E-state index is 13.0. The fourth-order valence-electron chi connectivity index (χ4n) is 3.70. The summed E-state index contributed by atoms with van der Waals surface area (Å²) >= 11 is 0. The van der Waals surface area contributed by atoms with Crippen LogP contribution >= 0.6 is 0 Å². The first-order valence-electron chi connectivity index (χ1n) is 9.68. The van der Waals surface area contributed by atoms with E-state index in [1.807, 2.05) is 35.8 Å². The number of piperidine rings is 1. The number of carbonyl (C=O) groups excluding carboxylic acids is 1. The number of aliphatic hydroxyl groups is 1. The van der Waals surface area contributed by atoms with Gasteiger partial charge in [0.25, 0.3) is 5.91 Å². The van der Waals surface area contributed by atoms with Gasteiger partial charge in [0.2, 0.25) is 0 Å². The molecular weight excluding hydrogens is 328 g/mol. The molecule has 0 spiro atoms. The van der Waals surface area contributed by atoms with Crippen LogP contribution in [0.25, 0.3) is 5.65 Å². The SMILES string of the molecule is CCCCN(C)C(=O)c1nc2ccccn2c1CN1CCCC(CO)C1. The zero-order valence-electron chi connectivity index (χ0n) is 15.9. The molecule has 1 amide bonds. The summed E-state index contributed by atoms with van der Waals surface area (Å²) in [5.74, 6) is 0.321. The minimum Gasteiger partial charge on any atom is -0.396 e. The summed E-state index contributed by atoms with van der Waals surface area (Å²) in [4.78, 5) is 21.8. The molecule has 0 aromatic carbocycles. The number of fused-ring (bicyclic) bond motifs is 1. The molecule has 3 heterocycles. The molecule has 6 nitrogen and oxygen atoms in total. The number of hydrogen-bond donors (Lipinski definition) is 1. The Labute approximate surface area is 155 Å². The lowest BCUT2D eigenvalue weighted by Crippen LogP contribution is -2.37. The van der Waals surface area contributed by atoms with Crippen LogP contribution in [0.2, 0.25) is 0 Å². The van der Waals surface area contributed by atoms with E-state index < -0.39 is 0 Å². The topological polar surface area (TPSA) is 61.1 Å². The molecule has 1 saturated heterocycles. The van der Waals surface area contributed by atoms with Crippen molar-refractivity contribution in [3.63, 3.8) is 0 Å². The molecule has 1 aliphatic heterocycles. The van der Waals surface area contributed by atoms with E-state index in [1.54, 1.807) is 4.90 Å². The van der Waals surface area contributed by atoms with E-state index in [0.29, 0.717) is 18.2 Å².